The molecule has 6 rings (SSSR count). The van der Waals surface area contributed by atoms with Crippen molar-refractivity contribution in [3.8, 4) is 17.2 Å². The Morgan fingerprint density at radius 2 is 1.74 bits per heavy atom. The normalized spacial score (nSPS) is 34.6. The van der Waals surface area contributed by atoms with Gasteiger partial charge in [0.15, 0.2) is 5.78 Å². The van der Waals surface area contributed by atoms with E-state index in [1.165, 1.54) is 19.2 Å². The number of methoxy groups -OCH3 is 1. The van der Waals surface area contributed by atoms with Crippen molar-refractivity contribution in [1.82, 2.24) is 4.90 Å². The molecule has 208 valence electrons. The number of hydrogen-bond donors (Lipinski definition) is 5. The molecule has 0 spiro atoms. The molecular formula is C28H31NO10. The van der Waals surface area contributed by atoms with Crippen molar-refractivity contribution < 1.29 is 49.3 Å². The lowest BCUT2D eigenvalue weighted by Crippen LogP contribution is -2.68. The van der Waals surface area contributed by atoms with Crippen LogP contribution in [0.5, 0.6) is 17.2 Å². The third-order valence-corrected chi connectivity index (χ3v) is 8.66. The van der Waals surface area contributed by atoms with Crippen molar-refractivity contribution in [2.45, 2.75) is 68.5 Å². The first-order valence-corrected chi connectivity index (χ1v) is 12.7. The second-order valence-corrected chi connectivity index (χ2v) is 11.6. The molecule has 0 radical (unpaired) electrons. The quantitative estimate of drug-likeness (QED) is 0.312. The molecule has 0 aromatic heterocycles. The lowest BCUT2D eigenvalue weighted by molar-refractivity contribution is -0.311. The van der Waals surface area contributed by atoms with Crippen LogP contribution in [0.25, 0.3) is 0 Å². The molecule has 2 aliphatic carbocycles. The number of aromatic hydroxyl groups is 2. The summed E-state index contributed by atoms with van der Waals surface area (Å²) in [5.74, 6) is -2.54. The minimum Gasteiger partial charge on any atom is -0.507 e. The van der Waals surface area contributed by atoms with Gasteiger partial charge in [0.2, 0.25) is 12.1 Å². The molecule has 5 N–H and O–H groups in total. The molecule has 2 aromatic carbocycles. The molecule has 1 fully saturated rings. The van der Waals surface area contributed by atoms with Gasteiger partial charge in [-0.2, -0.15) is 0 Å². The van der Waals surface area contributed by atoms with Gasteiger partial charge >= 0.3 is 0 Å². The lowest BCUT2D eigenvalue weighted by atomic mass is 9.72. The first-order valence-electron chi connectivity index (χ1n) is 12.7. The van der Waals surface area contributed by atoms with Gasteiger partial charge in [-0.15, -0.1) is 0 Å². The molecule has 1 saturated heterocycles. The highest BCUT2D eigenvalue weighted by atomic mass is 16.7. The van der Waals surface area contributed by atoms with Crippen molar-refractivity contribution in [3.63, 3.8) is 0 Å². The predicted octanol–water partition coefficient (Wildman–Crippen LogP) is 0.874. The number of carbonyl (C=O) groups is 2. The minimum atomic E-state index is -1.50. The number of aliphatic hydroxyl groups is 3. The Labute approximate surface area is 224 Å². The largest absolute Gasteiger partial charge is 0.507 e. The van der Waals surface area contributed by atoms with Crippen LogP contribution in [0.4, 0.5) is 0 Å². The lowest BCUT2D eigenvalue weighted by Gasteiger charge is -2.53. The van der Waals surface area contributed by atoms with E-state index in [1.807, 2.05) is 0 Å². The van der Waals surface area contributed by atoms with Gasteiger partial charge in [0.05, 0.1) is 34.4 Å². The summed E-state index contributed by atoms with van der Waals surface area (Å²) in [4.78, 5) is 29.5. The monoisotopic (exact) mass is 541 g/mol. The summed E-state index contributed by atoms with van der Waals surface area (Å²) in [5, 5.41) is 55.4. The van der Waals surface area contributed by atoms with Gasteiger partial charge in [0.1, 0.15) is 35.1 Å². The predicted molar refractivity (Wildman–Crippen MR) is 134 cm³/mol. The van der Waals surface area contributed by atoms with E-state index in [9.17, 15) is 35.1 Å². The van der Waals surface area contributed by atoms with E-state index in [2.05, 4.69) is 0 Å². The fraction of sp³-hybridized carbons (Fsp3) is 0.500. The second kappa shape index (κ2) is 8.23. The van der Waals surface area contributed by atoms with Crippen molar-refractivity contribution in [3.05, 3.63) is 51.1 Å². The number of carbonyl (C=O) groups excluding carboxylic acids is 2. The number of phenols is 2. The Morgan fingerprint density at radius 1 is 1.05 bits per heavy atom. The molecule has 2 aromatic rings. The first-order chi connectivity index (χ1) is 18.2. The number of phenolic OH excluding ortho intramolecular Hbond substituents is 2. The Bertz CT molecular complexity index is 1450. The van der Waals surface area contributed by atoms with Crippen molar-refractivity contribution in [1.29, 1.82) is 0 Å². The van der Waals surface area contributed by atoms with Crippen molar-refractivity contribution in [2.75, 3.05) is 21.2 Å². The number of nitrogens with zero attached hydrogens (tertiary/aromatic N) is 1. The number of hydrogen-bond acceptors (Lipinski definition) is 11. The maximum Gasteiger partial charge on any atom is 0.228 e. The molecule has 0 unspecified atom stereocenters. The van der Waals surface area contributed by atoms with Gasteiger partial charge in [-0.25, -0.2) is 0 Å². The maximum atomic E-state index is 14.1. The van der Waals surface area contributed by atoms with Crippen LogP contribution in [0, 0.1) is 0 Å². The minimum absolute atomic E-state index is 0.0835. The maximum absolute atomic E-state index is 14.1. The number of ether oxygens (including phenoxy) is 3. The van der Waals surface area contributed by atoms with E-state index in [1.54, 1.807) is 32.8 Å². The summed E-state index contributed by atoms with van der Waals surface area (Å²) in [6, 6.07) is 1.90. The Balaban J connectivity index is 1.58. The van der Waals surface area contributed by atoms with Gasteiger partial charge in [-0.1, -0.05) is 0 Å². The van der Waals surface area contributed by atoms with Crippen LogP contribution in [0.15, 0.2) is 12.1 Å². The number of fused-ring (bicyclic) bond motifs is 8. The van der Waals surface area contributed by atoms with Crippen LogP contribution >= 0.6 is 0 Å². The van der Waals surface area contributed by atoms with Crippen LogP contribution in [-0.2, 0) is 21.5 Å². The van der Waals surface area contributed by atoms with Crippen LogP contribution in [0.2, 0.25) is 0 Å². The standard InChI is InChI=1S/C28H31NO10/c1-27(36)8-10-6-11-16(21(32)15(10)14(9-27)37-5)22(33)17-13(30)7-12-24(18(17)20(11)31)38-26-23(34)19(29(3)4)25(35)28(12,2)39-26/h6-7,14,19,23,25-26,30,32,34-36H,8-9H2,1-5H3/t14-,19-,23-,25+,26+,27-,28+/m0/s1. The highest BCUT2D eigenvalue weighted by Gasteiger charge is 2.59. The van der Waals surface area contributed by atoms with Crippen LogP contribution in [0.1, 0.15) is 74.9 Å². The SMILES string of the molecule is CO[C@H]1C[C@@](C)(O)Cc2cc3c(c(O)c21)C(=O)c1c(O)cc2c(c1C3=O)O[C@@H]1O[C@@]2(C)[C@H](O)[C@@H](N(C)C)[C@@H]1O. The number of rotatable bonds is 2. The molecule has 11 nitrogen and oxygen atoms in total. The zero-order chi connectivity index (χ0) is 28.3. The molecule has 2 heterocycles. The zero-order valence-corrected chi connectivity index (χ0v) is 22.2. The van der Waals surface area contributed by atoms with Gasteiger partial charge in [-0.05, 0) is 45.6 Å². The molecular weight excluding hydrogens is 510 g/mol. The second-order valence-electron chi connectivity index (χ2n) is 11.6. The fourth-order valence-corrected chi connectivity index (χ4v) is 6.76. The smallest absolute Gasteiger partial charge is 0.228 e. The molecule has 0 saturated carbocycles. The first kappa shape index (κ1) is 26.2. The van der Waals surface area contributed by atoms with Gasteiger partial charge in [0, 0.05) is 36.6 Å². The Kier molecular flexibility index (Phi) is 5.52. The van der Waals surface area contributed by atoms with E-state index < -0.39 is 64.9 Å². The molecule has 11 heteroatoms. The summed E-state index contributed by atoms with van der Waals surface area (Å²) in [6.07, 6.45) is -4.29. The van der Waals surface area contributed by atoms with Crippen LogP contribution < -0.4 is 4.74 Å². The van der Waals surface area contributed by atoms with E-state index in [4.69, 9.17) is 14.2 Å². The fourth-order valence-electron chi connectivity index (χ4n) is 6.76. The van der Waals surface area contributed by atoms with Crippen LogP contribution in [0.3, 0.4) is 0 Å². The van der Waals surface area contributed by atoms with E-state index in [-0.39, 0.29) is 46.4 Å². The average molecular weight is 542 g/mol. The van der Waals surface area contributed by atoms with Gasteiger partial charge in [-0.3, -0.25) is 9.59 Å². The summed E-state index contributed by atoms with van der Waals surface area (Å²) in [6.45, 7) is 3.19. The van der Waals surface area contributed by atoms with Crippen molar-refractivity contribution >= 4 is 11.6 Å². The van der Waals surface area contributed by atoms with Crippen LogP contribution in [-0.4, -0.2) is 93.3 Å². The Morgan fingerprint density at radius 3 is 2.38 bits per heavy atom. The molecule has 39 heavy (non-hydrogen) atoms. The topological polar surface area (TPSA) is 166 Å². The summed E-state index contributed by atoms with van der Waals surface area (Å²) in [5.41, 5.74) is -2.71. The third-order valence-electron chi connectivity index (χ3n) is 8.66. The van der Waals surface area contributed by atoms with E-state index >= 15 is 0 Å². The molecule has 2 bridgehead atoms. The number of aliphatic hydroxyl groups excluding tert-OH is 2. The summed E-state index contributed by atoms with van der Waals surface area (Å²) >= 11 is 0. The van der Waals surface area contributed by atoms with E-state index in [0.29, 0.717) is 11.1 Å². The molecule has 7 atom stereocenters. The number of benzene rings is 2. The third kappa shape index (κ3) is 3.38. The average Bonchev–Trinajstić information content (AvgIpc) is 2.84. The Hall–Kier alpha value is -3.06. The summed E-state index contributed by atoms with van der Waals surface area (Å²) < 4.78 is 17.4. The van der Waals surface area contributed by atoms with E-state index in [0.717, 1.165) is 0 Å². The molecule has 0 amide bonds. The highest BCUT2D eigenvalue weighted by molar-refractivity contribution is 6.31. The number of ketones is 2. The van der Waals surface area contributed by atoms with Gasteiger partial charge < -0.3 is 44.6 Å². The summed E-state index contributed by atoms with van der Waals surface area (Å²) in [7, 11) is 4.80. The zero-order valence-electron chi connectivity index (χ0n) is 22.2. The molecule has 2 aliphatic heterocycles. The van der Waals surface area contributed by atoms with Crippen molar-refractivity contribution in [2.24, 2.45) is 0 Å². The molecule has 4 aliphatic rings. The number of likely N-dealkylation sites (N-methyl/N-ethyl adjacent to an activating group) is 1. The van der Waals surface area contributed by atoms with Gasteiger partial charge in [0.25, 0.3) is 0 Å². The highest BCUT2D eigenvalue weighted by Crippen LogP contribution is 2.54.